The predicted molar refractivity (Wildman–Crippen MR) is 63.8 cm³/mol. The fourth-order valence-corrected chi connectivity index (χ4v) is 3.30. The van der Waals surface area contributed by atoms with E-state index in [0.717, 1.165) is 12.8 Å². The van der Waals surface area contributed by atoms with E-state index in [1.165, 1.54) is 17.8 Å². The second-order valence-electron chi connectivity index (χ2n) is 3.77. The Balaban J connectivity index is 2.14. The number of hydrogen-bond acceptors (Lipinski definition) is 3. The van der Waals surface area contributed by atoms with Crippen molar-refractivity contribution in [3.05, 3.63) is 29.6 Å². The van der Waals surface area contributed by atoms with Gasteiger partial charge in [0.25, 0.3) is 0 Å². The maximum atomic E-state index is 13.6. The van der Waals surface area contributed by atoms with Crippen molar-refractivity contribution in [1.82, 2.24) is 0 Å². The van der Waals surface area contributed by atoms with Gasteiger partial charge < -0.3 is 0 Å². The summed E-state index contributed by atoms with van der Waals surface area (Å²) >= 11 is 1.51. The number of thioether (sulfide) groups is 1. The summed E-state index contributed by atoms with van der Waals surface area (Å²) in [5.74, 6) is -0.699. The third-order valence-corrected chi connectivity index (χ3v) is 4.55. The van der Waals surface area contributed by atoms with Gasteiger partial charge in [0.05, 0.1) is 5.75 Å². The Kier molecular flexibility index (Phi) is 3.47. The number of benzene rings is 1. The molecule has 1 saturated carbocycles. The van der Waals surface area contributed by atoms with Gasteiger partial charge in [-0.25, -0.2) is 12.8 Å². The van der Waals surface area contributed by atoms with Crippen LogP contribution in [0.3, 0.4) is 0 Å². The smallest absolute Gasteiger partial charge is 0.212 e. The molecule has 0 aromatic heterocycles. The maximum Gasteiger partial charge on any atom is 0.236 e. The first-order valence-electron chi connectivity index (χ1n) is 4.81. The standard InChI is InChI=1S/C10H10ClFO2S2/c11-16(13,14)6-7-1-4-10(9(12)5-7)15-8-2-3-8/h1,4-5,8H,2-3,6H2. The van der Waals surface area contributed by atoms with Crippen molar-refractivity contribution in [2.75, 3.05) is 0 Å². The molecule has 0 radical (unpaired) electrons. The zero-order valence-electron chi connectivity index (χ0n) is 8.32. The van der Waals surface area contributed by atoms with E-state index in [0.29, 0.717) is 15.7 Å². The van der Waals surface area contributed by atoms with E-state index in [4.69, 9.17) is 10.7 Å². The lowest BCUT2D eigenvalue weighted by atomic mass is 10.2. The minimum absolute atomic E-state index is 0.333. The van der Waals surface area contributed by atoms with Gasteiger partial charge in [-0.05, 0) is 30.5 Å². The summed E-state index contributed by atoms with van der Waals surface area (Å²) in [6, 6.07) is 4.47. The first-order valence-corrected chi connectivity index (χ1v) is 8.17. The largest absolute Gasteiger partial charge is 0.236 e. The zero-order chi connectivity index (χ0) is 11.8. The average Bonchev–Trinajstić information content (AvgIpc) is 2.90. The molecule has 0 unspecified atom stereocenters. The van der Waals surface area contributed by atoms with Gasteiger partial charge in [-0.1, -0.05) is 6.07 Å². The van der Waals surface area contributed by atoms with Gasteiger partial charge in [0.2, 0.25) is 9.05 Å². The van der Waals surface area contributed by atoms with Crippen molar-refractivity contribution in [2.24, 2.45) is 0 Å². The van der Waals surface area contributed by atoms with Crippen LogP contribution in [0.1, 0.15) is 18.4 Å². The van der Waals surface area contributed by atoms with Crippen LogP contribution in [-0.2, 0) is 14.8 Å². The van der Waals surface area contributed by atoms with Gasteiger partial charge in [-0.3, -0.25) is 0 Å². The zero-order valence-corrected chi connectivity index (χ0v) is 10.7. The van der Waals surface area contributed by atoms with Crippen LogP contribution in [-0.4, -0.2) is 13.7 Å². The van der Waals surface area contributed by atoms with Crippen molar-refractivity contribution in [3.8, 4) is 0 Å². The van der Waals surface area contributed by atoms with Crippen LogP contribution in [0.2, 0.25) is 0 Å². The summed E-state index contributed by atoms with van der Waals surface area (Å²) in [6.07, 6.45) is 2.25. The fraction of sp³-hybridized carbons (Fsp3) is 0.400. The molecular formula is C10H10ClFO2S2. The van der Waals surface area contributed by atoms with E-state index in [1.807, 2.05) is 0 Å². The third-order valence-electron chi connectivity index (χ3n) is 2.15. The molecule has 1 aliphatic rings. The lowest BCUT2D eigenvalue weighted by Gasteiger charge is -2.04. The molecule has 0 atom stereocenters. The van der Waals surface area contributed by atoms with E-state index >= 15 is 0 Å². The van der Waals surface area contributed by atoms with Crippen LogP contribution < -0.4 is 0 Å². The van der Waals surface area contributed by atoms with Gasteiger partial charge in [-0.2, -0.15) is 0 Å². The van der Waals surface area contributed by atoms with E-state index < -0.39 is 9.05 Å². The Morgan fingerprint density at radius 2 is 2.12 bits per heavy atom. The monoisotopic (exact) mass is 280 g/mol. The van der Waals surface area contributed by atoms with Crippen molar-refractivity contribution in [3.63, 3.8) is 0 Å². The molecular weight excluding hydrogens is 271 g/mol. The summed E-state index contributed by atoms with van der Waals surface area (Å²) in [5.41, 5.74) is 0.382. The summed E-state index contributed by atoms with van der Waals surface area (Å²) in [6.45, 7) is 0. The molecule has 0 saturated heterocycles. The molecule has 1 aromatic carbocycles. The average molecular weight is 281 g/mol. The highest BCUT2D eigenvalue weighted by atomic mass is 35.7. The van der Waals surface area contributed by atoms with Gasteiger partial charge >= 0.3 is 0 Å². The molecule has 1 fully saturated rings. The maximum absolute atomic E-state index is 13.6. The predicted octanol–water partition coefficient (Wildman–Crippen LogP) is 3.15. The first-order chi connectivity index (χ1) is 7.44. The molecule has 2 nitrogen and oxygen atoms in total. The molecule has 16 heavy (non-hydrogen) atoms. The van der Waals surface area contributed by atoms with Crippen LogP contribution >= 0.6 is 22.4 Å². The van der Waals surface area contributed by atoms with Crippen molar-refractivity contribution in [1.29, 1.82) is 0 Å². The van der Waals surface area contributed by atoms with Gasteiger partial charge in [0.15, 0.2) is 0 Å². The molecule has 0 bridgehead atoms. The highest BCUT2D eigenvalue weighted by molar-refractivity contribution is 8.13. The minimum Gasteiger partial charge on any atom is -0.212 e. The number of hydrogen-bond donors (Lipinski definition) is 0. The van der Waals surface area contributed by atoms with E-state index in [1.54, 1.807) is 12.1 Å². The Hall–Kier alpha value is -0.260. The topological polar surface area (TPSA) is 34.1 Å². The highest BCUT2D eigenvalue weighted by Gasteiger charge is 2.24. The van der Waals surface area contributed by atoms with Crippen LogP contribution in [0.4, 0.5) is 4.39 Å². The van der Waals surface area contributed by atoms with Crippen LogP contribution in [0.25, 0.3) is 0 Å². The summed E-state index contributed by atoms with van der Waals surface area (Å²) in [4.78, 5) is 0.582. The Morgan fingerprint density at radius 1 is 1.44 bits per heavy atom. The lowest BCUT2D eigenvalue weighted by molar-refractivity contribution is 0.598. The molecule has 0 spiro atoms. The highest BCUT2D eigenvalue weighted by Crippen LogP contribution is 2.40. The Bertz CT molecular complexity index is 498. The fourth-order valence-electron chi connectivity index (χ4n) is 1.29. The second-order valence-corrected chi connectivity index (χ2v) is 7.88. The molecule has 0 N–H and O–H groups in total. The summed E-state index contributed by atoms with van der Waals surface area (Å²) in [5, 5.41) is 0.525. The van der Waals surface area contributed by atoms with Gasteiger partial charge in [0.1, 0.15) is 5.82 Å². The van der Waals surface area contributed by atoms with Crippen molar-refractivity contribution < 1.29 is 12.8 Å². The normalized spacial score (nSPS) is 16.4. The SMILES string of the molecule is O=S(=O)(Cl)Cc1ccc(SC2CC2)c(F)c1. The quantitative estimate of drug-likeness (QED) is 0.795. The molecule has 1 aliphatic carbocycles. The second kappa shape index (κ2) is 4.55. The Labute approximate surface area is 103 Å². The van der Waals surface area contributed by atoms with Gasteiger partial charge in [-0.15, -0.1) is 11.8 Å². The number of rotatable bonds is 4. The van der Waals surface area contributed by atoms with Crippen molar-refractivity contribution in [2.45, 2.75) is 28.7 Å². The molecule has 88 valence electrons. The summed E-state index contributed by atoms with van der Waals surface area (Å²) in [7, 11) is 1.48. The van der Waals surface area contributed by atoms with Gasteiger partial charge in [0, 0.05) is 20.8 Å². The summed E-state index contributed by atoms with van der Waals surface area (Å²) < 4.78 is 35.2. The van der Waals surface area contributed by atoms with Crippen LogP contribution in [0.15, 0.2) is 23.1 Å². The van der Waals surface area contributed by atoms with E-state index in [9.17, 15) is 12.8 Å². The first kappa shape index (κ1) is 12.2. The molecule has 6 heteroatoms. The third kappa shape index (κ3) is 3.64. The van der Waals surface area contributed by atoms with E-state index in [2.05, 4.69) is 0 Å². The molecule has 0 aliphatic heterocycles. The molecule has 0 amide bonds. The van der Waals surface area contributed by atoms with Crippen LogP contribution in [0.5, 0.6) is 0 Å². The Morgan fingerprint density at radius 3 is 2.62 bits per heavy atom. The minimum atomic E-state index is -3.62. The van der Waals surface area contributed by atoms with E-state index in [-0.39, 0.29) is 11.6 Å². The molecule has 2 rings (SSSR count). The lowest BCUT2D eigenvalue weighted by Crippen LogP contribution is -1.96. The molecule has 0 heterocycles. The van der Waals surface area contributed by atoms with Crippen LogP contribution in [0, 0.1) is 5.82 Å². The van der Waals surface area contributed by atoms with Crippen molar-refractivity contribution >= 4 is 31.5 Å². The molecule has 1 aromatic rings. The number of halogens is 2.